The Morgan fingerprint density at radius 1 is 1.04 bits per heavy atom. The van der Waals surface area contributed by atoms with Crippen LogP contribution in [0.2, 0.25) is 0 Å². The lowest BCUT2D eigenvalue weighted by atomic mass is 9.77. The number of carbonyl (C=O) groups excluding carboxylic acids is 2. The van der Waals surface area contributed by atoms with E-state index < -0.39 is 11.5 Å². The summed E-state index contributed by atoms with van der Waals surface area (Å²) in [5.74, 6) is 0.119. The van der Waals surface area contributed by atoms with Crippen LogP contribution in [-0.4, -0.2) is 25.1 Å². The molecule has 27 heavy (non-hydrogen) atoms. The number of ether oxygens (including phenoxy) is 1. The van der Waals surface area contributed by atoms with Gasteiger partial charge in [-0.05, 0) is 30.0 Å². The molecular formula is C22H26N2O3. The molecule has 1 aliphatic rings. The minimum Gasteiger partial charge on any atom is -0.445 e. The van der Waals surface area contributed by atoms with Crippen LogP contribution in [0.15, 0.2) is 54.6 Å². The molecule has 0 aromatic heterocycles. The Hall–Kier alpha value is -2.82. The largest absolute Gasteiger partial charge is 0.445 e. The zero-order valence-corrected chi connectivity index (χ0v) is 15.9. The smallest absolute Gasteiger partial charge is 0.407 e. The lowest BCUT2D eigenvalue weighted by Gasteiger charge is -2.26. The fourth-order valence-corrected chi connectivity index (χ4v) is 3.80. The molecule has 0 bridgehead atoms. The van der Waals surface area contributed by atoms with Gasteiger partial charge in [0.15, 0.2) is 0 Å². The molecule has 0 saturated carbocycles. The Morgan fingerprint density at radius 3 is 2.41 bits per heavy atom. The van der Waals surface area contributed by atoms with Crippen molar-refractivity contribution >= 4 is 17.7 Å². The summed E-state index contributed by atoms with van der Waals surface area (Å²) in [7, 11) is 0. The molecule has 1 aliphatic heterocycles. The maximum Gasteiger partial charge on any atom is 0.407 e. The van der Waals surface area contributed by atoms with Gasteiger partial charge >= 0.3 is 6.09 Å². The summed E-state index contributed by atoms with van der Waals surface area (Å²) in [4.78, 5) is 26.8. The van der Waals surface area contributed by atoms with Gasteiger partial charge in [-0.2, -0.15) is 0 Å². The van der Waals surface area contributed by atoms with Gasteiger partial charge in [0, 0.05) is 18.8 Å². The first-order chi connectivity index (χ1) is 13.1. The normalized spacial score (nSPS) is 14.7. The van der Waals surface area contributed by atoms with Gasteiger partial charge in [0.05, 0.1) is 5.41 Å². The quantitative estimate of drug-likeness (QED) is 0.805. The Balaban J connectivity index is 1.58. The molecule has 2 amide bonds. The summed E-state index contributed by atoms with van der Waals surface area (Å²) in [5.41, 5.74) is 2.52. The van der Waals surface area contributed by atoms with Gasteiger partial charge in [0.1, 0.15) is 6.61 Å². The average Bonchev–Trinajstić information content (AvgIpc) is 2.95. The first-order valence-corrected chi connectivity index (χ1v) is 9.48. The summed E-state index contributed by atoms with van der Waals surface area (Å²) in [6.07, 6.45) is 1.06. The lowest BCUT2D eigenvalue weighted by molar-refractivity contribution is -0.123. The van der Waals surface area contributed by atoms with Crippen molar-refractivity contribution < 1.29 is 14.3 Å². The van der Waals surface area contributed by atoms with E-state index in [-0.39, 0.29) is 12.5 Å². The molecule has 1 N–H and O–H groups in total. The van der Waals surface area contributed by atoms with Crippen molar-refractivity contribution in [1.82, 2.24) is 5.32 Å². The van der Waals surface area contributed by atoms with Crippen molar-refractivity contribution in [2.24, 2.45) is 0 Å². The zero-order chi connectivity index (χ0) is 19.3. The van der Waals surface area contributed by atoms with Crippen LogP contribution in [-0.2, 0) is 21.6 Å². The number of anilines is 1. The third-order valence-corrected chi connectivity index (χ3v) is 5.39. The lowest BCUT2D eigenvalue weighted by Crippen LogP contribution is -2.43. The maximum absolute atomic E-state index is 13.1. The number of benzene rings is 2. The molecule has 1 heterocycles. The van der Waals surface area contributed by atoms with Gasteiger partial charge < -0.3 is 15.0 Å². The summed E-state index contributed by atoms with van der Waals surface area (Å²) < 4.78 is 5.22. The number of rotatable bonds is 7. The van der Waals surface area contributed by atoms with Crippen molar-refractivity contribution in [3.05, 3.63) is 65.7 Å². The molecule has 5 heteroatoms. The summed E-state index contributed by atoms with van der Waals surface area (Å²) >= 11 is 0. The van der Waals surface area contributed by atoms with E-state index in [0.717, 1.165) is 29.7 Å². The van der Waals surface area contributed by atoms with Crippen LogP contribution in [0.5, 0.6) is 0 Å². The van der Waals surface area contributed by atoms with Gasteiger partial charge in [-0.25, -0.2) is 4.79 Å². The highest BCUT2D eigenvalue weighted by molar-refractivity contribution is 6.08. The van der Waals surface area contributed by atoms with Crippen LogP contribution in [0.25, 0.3) is 0 Å². The molecule has 0 fully saturated rings. The number of amides is 2. The number of fused-ring (bicyclic) bond motifs is 1. The maximum atomic E-state index is 13.1. The highest BCUT2D eigenvalue weighted by Crippen LogP contribution is 2.45. The van der Waals surface area contributed by atoms with E-state index in [4.69, 9.17) is 4.74 Å². The second-order valence-corrected chi connectivity index (χ2v) is 6.75. The Morgan fingerprint density at radius 2 is 1.70 bits per heavy atom. The van der Waals surface area contributed by atoms with Crippen molar-refractivity contribution in [2.45, 2.75) is 38.7 Å². The number of nitrogens with zero attached hydrogens (tertiary/aromatic N) is 1. The van der Waals surface area contributed by atoms with Crippen LogP contribution in [0.4, 0.5) is 10.5 Å². The van der Waals surface area contributed by atoms with Crippen LogP contribution in [0.1, 0.15) is 37.8 Å². The van der Waals surface area contributed by atoms with Crippen LogP contribution in [0.3, 0.4) is 0 Å². The Labute approximate surface area is 160 Å². The minimum atomic E-state index is -0.476. The minimum absolute atomic E-state index is 0.119. The number of carbonyl (C=O) groups is 2. The Kier molecular flexibility index (Phi) is 5.79. The first-order valence-electron chi connectivity index (χ1n) is 9.48. The highest BCUT2D eigenvalue weighted by atomic mass is 16.5. The van der Waals surface area contributed by atoms with Crippen molar-refractivity contribution in [1.29, 1.82) is 0 Å². The van der Waals surface area contributed by atoms with Crippen molar-refractivity contribution in [2.75, 3.05) is 18.0 Å². The predicted molar refractivity (Wildman–Crippen MR) is 106 cm³/mol. The van der Waals surface area contributed by atoms with Gasteiger partial charge in [-0.1, -0.05) is 62.4 Å². The molecule has 142 valence electrons. The second kappa shape index (κ2) is 8.25. The zero-order valence-electron chi connectivity index (χ0n) is 15.9. The van der Waals surface area contributed by atoms with Gasteiger partial charge in [-0.15, -0.1) is 0 Å². The van der Waals surface area contributed by atoms with Crippen LogP contribution >= 0.6 is 0 Å². The monoisotopic (exact) mass is 366 g/mol. The van der Waals surface area contributed by atoms with E-state index in [1.165, 1.54) is 0 Å². The predicted octanol–water partition coefficient (Wildman–Crippen LogP) is 4.02. The van der Waals surface area contributed by atoms with Crippen molar-refractivity contribution in [3.8, 4) is 0 Å². The molecule has 2 aromatic carbocycles. The highest BCUT2D eigenvalue weighted by Gasteiger charge is 2.47. The van der Waals surface area contributed by atoms with Crippen molar-refractivity contribution in [3.63, 3.8) is 0 Å². The number of para-hydroxylation sites is 1. The SMILES string of the molecule is CCC1(CC)C(=O)N(CCNC(=O)OCc2ccccc2)c2ccccc21. The molecule has 0 radical (unpaired) electrons. The van der Waals surface area contributed by atoms with Gasteiger partial charge in [-0.3, -0.25) is 4.79 Å². The Bertz CT molecular complexity index is 800. The average molecular weight is 366 g/mol. The van der Waals surface area contributed by atoms with Crippen LogP contribution < -0.4 is 10.2 Å². The number of hydrogen-bond donors (Lipinski definition) is 1. The topological polar surface area (TPSA) is 58.6 Å². The standard InChI is InChI=1S/C22H26N2O3/c1-3-22(4-2)18-12-8-9-13-19(18)24(20(22)25)15-14-23-21(26)27-16-17-10-6-5-7-11-17/h5-13H,3-4,14-16H2,1-2H3,(H,23,26). The van der Waals surface area contributed by atoms with E-state index in [9.17, 15) is 9.59 Å². The van der Waals surface area contributed by atoms with Gasteiger partial charge in [0.25, 0.3) is 0 Å². The van der Waals surface area contributed by atoms with E-state index in [0.29, 0.717) is 13.1 Å². The molecule has 5 nitrogen and oxygen atoms in total. The number of hydrogen-bond acceptors (Lipinski definition) is 3. The molecule has 3 rings (SSSR count). The van der Waals surface area contributed by atoms with E-state index in [1.807, 2.05) is 54.6 Å². The fraction of sp³-hybridized carbons (Fsp3) is 0.364. The van der Waals surface area contributed by atoms with E-state index >= 15 is 0 Å². The number of nitrogens with one attached hydrogen (secondary N) is 1. The fourth-order valence-electron chi connectivity index (χ4n) is 3.80. The molecule has 0 spiro atoms. The first kappa shape index (κ1) is 19.0. The molecule has 0 atom stereocenters. The molecule has 2 aromatic rings. The molecule has 0 saturated heterocycles. The summed E-state index contributed by atoms with van der Waals surface area (Å²) in [5, 5.41) is 2.74. The summed E-state index contributed by atoms with van der Waals surface area (Å²) in [6.45, 7) is 5.12. The summed E-state index contributed by atoms with van der Waals surface area (Å²) in [6, 6.07) is 17.5. The molecule has 0 aliphatic carbocycles. The van der Waals surface area contributed by atoms with E-state index in [1.54, 1.807) is 4.90 Å². The number of alkyl carbamates (subject to hydrolysis) is 1. The molecule has 0 unspecified atom stereocenters. The second-order valence-electron chi connectivity index (χ2n) is 6.75. The van der Waals surface area contributed by atoms with Crippen LogP contribution in [0, 0.1) is 0 Å². The molecular weight excluding hydrogens is 340 g/mol. The third kappa shape index (κ3) is 3.68. The third-order valence-electron chi connectivity index (χ3n) is 5.39. The van der Waals surface area contributed by atoms with E-state index in [2.05, 4.69) is 19.2 Å². The van der Waals surface area contributed by atoms with Gasteiger partial charge in [0.2, 0.25) is 5.91 Å².